The van der Waals surface area contributed by atoms with Gasteiger partial charge in [0.1, 0.15) is 12.2 Å². The van der Waals surface area contributed by atoms with Gasteiger partial charge in [-0.1, -0.05) is 36.4 Å². The van der Waals surface area contributed by atoms with Crippen LogP contribution in [-0.2, 0) is 4.74 Å². The fourth-order valence-electron chi connectivity index (χ4n) is 3.71. The quantitative estimate of drug-likeness (QED) is 0.757. The van der Waals surface area contributed by atoms with Crippen LogP contribution >= 0.6 is 0 Å². The number of carbonyl (C=O) groups excluding carboxylic acids is 1. The largest absolute Gasteiger partial charge is 0.454 e. The third-order valence-corrected chi connectivity index (χ3v) is 5.17. The number of nitrogens with one attached hydrogen (secondary N) is 1. The molecule has 1 N–H and O–H groups in total. The number of benzene rings is 2. The lowest BCUT2D eigenvalue weighted by Crippen LogP contribution is -2.43. The van der Waals surface area contributed by atoms with Crippen LogP contribution in [0.4, 0.5) is 0 Å². The first-order valence-electron chi connectivity index (χ1n) is 9.30. The van der Waals surface area contributed by atoms with Crippen molar-refractivity contribution in [2.75, 3.05) is 19.9 Å². The third kappa shape index (κ3) is 3.12. The van der Waals surface area contributed by atoms with Gasteiger partial charge in [-0.05, 0) is 29.3 Å². The monoisotopic (exact) mass is 376 g/mol. The highest BCUT2D eigenvalue weighted by Crippen LogP contribution is 2.38. The summed E-state index contributed by atoms with van der Waals surface area (Å²) in [5, 5.41) is 0. The maximum atomic E-state index is 13.0. The highest BCUT2D eigenvalue weighted by Gasteiger charge is 2.33. The van der Waals surface area contributed by atoms with Crippen LogP contribution in [0.5, 0.6) is 11.5 Å². The average Bonchev–Trinajstić information content (AvgIpc) is 3.45. The number of carbonyl (C=O) groups is 1. The minimum atomic E-state index is -0.253. The maximum absolute atomic E-state index is 13.0. The molecule has 1 fully saturated rings. The maximum Gasteiger partial charge on any atom is 0.255 e. The molecule has 5 rings (SSSR count). The Hall–Kier alpha value is -3.25. The summed E-state index contributed by atoms with van der Waals surface area (Å²) in [5.74, 6) is 1.45. The summed E-state index contributed by atoms with van der Waals surface area (Å²) in [5.41, 5.74) is 2.68. The van der Waals surface area contributed by atoms with Crippen molar-refractivity contribution in [3.63, 3.8) is 0 Å². The van der Waals surface area contributed by atoms with Gasteiger partial charge in [0.05, 0.1) is 18.7 Å². The van der Waals surface area contributed by atoms with Crippen molar-refractivity contribution in [2.24, 2.45) is 0 Å². The smallest absolute Gasteiger partial charge is 0.255 e. The van der Waals surface area contributed by atoms with E-state index in [1.54, 1.807) is 18.5 Å². The Bertz CT molecular complexity index is 971. The predicted molar refractivity (Wildman–Crippen MR) is 102 cm³/mol. The van der Waals surface area contributed by atoms with Crippen LogP contribution in [0.2, 0.25) is 0 Å². The number of aromatic nitrogens is 1. The minimum Gasteiger partial charge on any atom is -0.454 e. The molecule has 1 saturated heterocycles. The molecular formula is C22H20N2O4. The number of H-pyrrole nitrogens is 1. The number of hydrogen-bond acceptors (Lipinski definition) is 4. The molecule has 0 aliphatic carbocycles. The van der Waals surface area contributed by atoms with E-state index in [0.717, 1.165) is 16.9 Å². The van der Waals surface area contributed by atoms with E-state index in [4.69, 9.17) is 14.2 Å². The lowest BCUT2D eigenvalue weighted by atomic mass is 10.0. The van der Waals surface area contributed by atoms with E-state index in [2.05, 4.69) is 4.98 Å². The second-order valence-electron chi connectivity index (χ2n) is 6.95. The fourth-order valence-corrected chi connectivity index (χ4v) is 3.71. The summed E-state index contributed by atoms with van der Waals surface area (Å²) in [6.45, 7) is 1.22. The van der Waals surface area contributed by atoms with Gasteiger partial charge in [0, 0.05) is 12.4 Å². The lowest BCUT2D eigenvalue weighted by molar-refractivity contribution is -0.0797. The molecule has 28 heavy (non-hydrogen) atoms. The Labute approximate surface area is 162 Å². The van der Waals surface area contributed by atoms with Crippen molar-refractivity contribution in [3.05, 3.63) is 83.7 Å². The molecule has 2 aliphatic heterocycles. The summed E-state index contributed by atoms with van der Waals surface area (Å²) in [7, 11) is 0. The number of rotatable bonds is 3. The molecule has 6 nitrogen and oxygen atoms in total. The highest BCUT2D eigenvalue weighted by atomic mass is 16.7. The van der Waals surface area contributed by atoms with Crippen molar-refractivity contribution in [1.82, 2.24) is 9.88 Å². The Morgan fingerprint density at radius 3 is 2.50 bits per heavy atom. The lowest BCUT2D eigenvalue weighted by Gasteiger charge is -2.38. The molecule has 3 aromatic rings. The highest BCUT2D eigenvalue weighted by molar-refractivity contribution is 5.94. The number of morpholine rings is 1. The molecule has 6 heteroatoms. The number of aromatic amines is 1. The van der Waals surface area contributed by atoms with Gasteiger partial charge in [0.15, 0.2) is 11.5 Å². The second kappa shape index (κ2) is 7.05. The summed E-state index contributed by atoms with van der Waals surface area (Å²) < 4.78 is 17.3. The van der Waals surface area contributed by atoms with Gasteiger partial charge in [0.2, 0.25) is 6.79 Å². The number of fused-ring (bicyclic) bond motifs is 1. The van der Waals surface area contributed by atoms with E-state index in [1.165, 1.54) is 0 Å². The third-order valence-electron chi connectivity index (χ3n) is 5.17. The van der Waals surface area contributed by atoms with Crippen LogP contribution in [0.3, 0.4) is 0 Å². The van der Waals surface area contributed by atoms with Crippen molar-refractivity contribution < 1.29 is 19.0 Å². The molecule has 142 valence electrons. The molecule has 2 aromatic carbocycles. The molecule has 0 saturated carbocycles. The number of nitrogens with zero attached hydrogens (tertiary/aromatic N) is 1. The Morgan fingerprint density at radius 1 is 0.929 bits per heavy atom. The van der Waals surface area contributed by atoms with E-state index in [0.29, 0.717) is 24.4 Å². The molecule has 0 spiro atoms. The van der Waals surface area contributed by atoms with Gasteiger partial charge in [-0.3, -0.25) is 4.79 Å². The molecule has 0 radical (unpaired) electrons. The minimum absolute atomic E-state index is 0.00350. The number of ether oxygens (including phenoxy) is 3. The SMILES string of the molecule is O=C(c1cc[nH]c1)N1C[C@@H](c2ccccc2)O[C@@H](c2ccc3c(c2)OCO3)C1. The van der Waals surface area contributed by atoms with Gasteiger partial charge in [-0.25, -0.2) is 0 Å². The Morgan fingerprint density at radius 2 is 1.71 bits per heavy atom. The molecule has 2 aliphatic rings. The summed E-state index contributed by atoms with van der Waals surface area (Å²) in [4.78, 5) is 17.8. The van der Waals surface area contributed by atoms with E-state index in [1.807, 2.05) is 53.4 Å². The summed E-state index contributed by atoms with van der Waals surface area (Å²) >= 11 is 0. The topological polar surface area (TPSA) is 63.8 Å². The fraction of sp³-hybridized carbons (Fsp3) is 0.227. The van der Waals surface area contributed by atoms with Gasteiger partial charge >= 0.3 is 0 Å². The van der Waals surface area contributed by atoms with Crippen molar-refractivity contribution in [3.8, 4) is 11.5 Å². The molecule has 0 unspecified atom stereocenters. The number of hydrogen-bond donors (Lipinski definition) is 1. The average molecular weight is 376 g/mol. The van der Waals surface area contributed by atoms with Crippen LogP contribution in [0, 0.1) is 0 Å². The molecule has 2 atom stereocenters. The standard InChI is InChI=1S/C22H20N2O4/c25-22(17-8-9-23-11-17)24-12-20(15-4-2-1-3-5-15)28-21(13-24)16-6-7-18-19(10-16)27-14-26-18/h1-11,20-21,23H,12-14H2/t20-,21+/m0/s1. The zero-order chi connectivity index (χ0) is 18.9. The summed E-state index contributed by atoms with van der Waals surface area (Å²) in [6.07, 6.45) is 3.03. The molecule has 3 heterocycles. The van der Waals surface area contributed by atoms with Crippen molar-refractivity contribution in [2.45, 2.75) is 12.2 Å². The van der Waals surface area contributed by atoms with E-state index in [9.17, 15) is 4.79 Å². The zero-order valence-corrected chi connectivity index (χ0v) is 15.2. The molecule has 0 bridgehead atoms. The van der Waals surface area contributed by atoms with Crippen LogP contribution in [-0.4, -0.2) is 35.7 Å². The van der Waals surface area contributed by atoms with Crippen LogP contribution in [0.25, 0.3) is 0 Å². The number of amides is 1. The van der Waals surface area contributed by atoms with Crippen molar-refractivity contribution in [1.29, 1.82) is 0 Å². The van der Waals surface area contributed by atoms with Gasteiger partial charge < -0.3 is 24.1 Å². The molecule has 1 amide bonds. The predicted octanol–water partition coefficient (Wildman–Crippen LogP) is 3.70. The normalized spacial score (nSPS) is 20.9. The van der Waals surface area contributed by atoms with Crippen LogP contribution in [0.1, 0.15) is 33.7 Å². The Balaban J connectivity index is 1.47. The van der Waals surface area contributed by atoms with E-state index < -0.39 is 0 Å². The first-order valence-corrected chi connectivity index (χ1v) is 9.30. The second-order valence-corrected chi connectivity index (χ2v) is 6.95. The molecular weight excluding hydrogens is 356 g/mol. The van der Waals surface area contributed by atoms with Crippen LogP contribution in [0.15, 0.2) is 67.0 Å². The molecule has 1 aromatic heterocycles. The first-order chi connectivity index (χ1) is 13.8. The van der Waals surface area contributed by atoms with Crippen LogP contribution < -0.4 is 9.47 Å². The van der Waals surface area contributed by atoms with E-state index in [-0.39, 0.29) is 24.9 Å². The van der Waals surface area contributed by atoms with Gasteiger partial charge in [0.25, 0.3) is 5.91 Å². The van der Waals surface area contributed by atoms with Gasteiger partial charge in [-0.15, -0.1) is 0 Å². The zero-order valence-electron chi connectivity index (χ0n) is 15.2. The first kappa shape index (κ1) is 16.9. The Kier molecular flexibility index (Phi) is 4.25. The van der Waals surface area contributed by atoms with Crippen molar-refractivity contribution >= 4 is 5.91 Å². The summed E-state index contributed by atoms with van der Waals surface area (Å²) in [6, 6.07) is 17.6. The van der Waals surface area contributed by atoms with Gasteiger partial charge in [-0.2, -0.15) is 0 Å². The van der Waals surface area contributed by atoms with E-state index >= 15 is 0 Å².